The molecule has 0 unspecified atom stereocenters. The average molecular weight is 521 g/mol. The van der Waals surface area contributed by atoms with E-state index in [9.17, 15) is 0 Å². The number of ether oxygens (including phenoxy) is 1. The monoisotopic (exact) mass is 520 g/mol. The zero-order valence-corrected chi connectivity index (χ0v) is 24.8. The van der Waals surface area contributed by atoms with Crippen LogP contribution < -0.4 is 4.74 Å². The summed E-state index contributed by atoms with van der Waals surface area (Å²) in [5.74, 6) is 3.25. The third-order valence-electron chi connectivity index (χ3n) is 8.48. The topological polar surface area (TPSA) is 35.0 Å². The lowest BCUT2D eigenvalue weighted by atomic mass is 9.82. The molecule has 0 saturated heterocycles. The summed E-state index contributed by atoms with van der Waals surface area (Å²) in [7, 11) is 0. The minimum Gasteiger partial charge on any atom is -0.493 e. The number of hydrogen-bond acceptors (Lipinski definition) is 3. The Hall–Kier alpha value is -1.90. The molecular formula is C35H56N2O. The van der Waals surface area contributed by atoms with Crippen molar-refractivity contribution in [2.75, 3.05) is 6.61 Å². The SMILES string of the molecule is CCCCCCCCCc1ccc(OCC2CCC(c3ncc(CCCCCCCCC)cn3)CC2)cc1. The molecule has 1 aliphatic carbocycles. The molecule has 0 bridgehead atoms. The van der Waals surface area contributed by atoms with E-state index in [1.165, 1.54) is 133 Å². The van der Waals surface area contributed by atoms with Crippen LogP contribution in [0.5, 0.6) is 5.75 Å². The maximum Gasteiger partial charge on any atom is 0.131 e. The van der Waals surface area contributed by atoms with Crippen LogP contribution in [0.1, 0.15) is 152 Å². The summed E-state index contributed by atoms with van der Waals surface area (Å²) in [4.78, 5) is 9.54. The fraction of sp³-hybridized carbons (Fsp3) is 0.714. The zero-order chi connectivity index (χ0) is 26.7. The number of rotatable bonds is 20. The number of benzene rings is 1. The van der Waals surface area contributed by atoms with Gasteiger partial charge in [-0.3, -0.25) is 0 Å². The average Bonchev–Trinajstić information content (AvgIpc) is 2.96. The van der Waals surface area contributed by atoms with E-state index in [2.05, 4.69) is 50.5 Å². The highest BCUT2D eigenvalue weighted by Gasteiger charge is 2.24. The van der Waals surface area contributed by atoms with Crippen LogP contribution in [0.25, 0.3) is 0 Å². The van der Waals surface area contributed by atoms with E-state index in [4.69, 9.17) is 14.7 Å². The fourth-order valence-corrected chi connectivity index (χ4v) is 5.83. The highest BCUT2D eigenvalue weighted by molar-refractivity contribution is 5.27. The van der Waals surface area contributed by atoms with E-state index >= 15 is 0 Å². The highest BCUT2D eigenvalue weighted by Crippen LogP contribution is 2.34. The third-order valence-corrected chi connectivity index (χ3v) is 8.48. The molecule has 0 N–H and O–H groups in total. The normalized spacial score (nSPS) is 17.5. The van der Waals surface area contributed by atoms with Crippen LogP contribution in [0.4, 0.5) is 0 Å². The Morgan fingerprint density at radius 2 is 1.11 bits per heavy atom. The van der Waals surface area contributed by atoms with Crippen molar-refractivity contribution in [2.24, 2.45) is 5.92 Å². The van der Waals surface area contributed by atoms with E-state index < -0.39 is 0 Å². The summed E-state index contributed by atoms with van der Waals surface area (Å²) in [5.41, 5.74) is 2.75. The van der Waals surface area contributed by atoms with Gasteiger partial charge in [0.2, 0.25) is 0 Å². The van der Waals surface area contributed by atoms with Gasteiger partial charge in [-0.1, -0.05) is 103 Å². The second-order valence-corrected chi connectivity index (χ2v) is 11.9. The van der Waals surface area contributed by atoms with Gasteiger partial charge in [-0.05, 0) is 80.5 Å². The van der Waals surface area contributed by atoms with Crippen molar-refractivity contribution >= 4 is 0 Å². The molecule has 0 radical (unpaired) electrons. The molecule has 1 aliphatic rings. The number of unbranched alkanes of at least 4 members (excludes halogenated alkanes) is 12. The Labute approximate surface area is 234 Å². The molecule has 1 aromatic heterocycles. The van der Waals surface area contributed by atoms with Crippen molar-refractivity contribution < 1.29 is 4.74 Å². The molecule has 1 fully saturated rings. The van der Waals surface area contributed by atoms with E-state index in [0.717, 1.165) is 24.6 Å². The van der Waals surface area contributed by atoms with Gasteiger partial charge in [-0.15, -0.1) is 0 Å². The van der Waals surface area contributed by atoms with E-state index in [0.29, 0.717) is 11.8 Å². The maximum absolute atomic E-state index is 6.18. The van der Waals surface area contributed by atoms with Gasteiger partial charge in [0, 0.05) is 18.3 Å². The van der Waals surface area contributed by atoms with Gasteiger partial charge >= 0.3 is 0 Å². The predicted molar refractivity (Wildman–Crippen MR) is 162 cm³/mol. The molecule has 38 heavy (non-hydrogen) atoms. The lowest BCUT2D eigenvalue weighted by Crippen LogP contribution is -2.20. The summed E-state index contributed by atoms with van der Waals surface area (Å²) in [6, 6.07) is 8.87. The molecule has 0 atom stereocenters. The van der Waals surface area contributed by atoms with Crippen molar-refractivity contribution in [3.63, 3.8) is 0 Å². The Morgan fingerprint density at radius 1 is 0.605 bits per heavy atom. The largest absolute Gasteiger partial charge is 0.493 e. The van der Waals surface area contributed by atoms with Crippen molar-refractivity contribution in [2.45, 2.75) is 148 Å². The summed E-state index contributed by atoms with van der Waals surface area (Å²) < 4.78 is 6.18. The number of nitrogens with zero attached hydrogens (tertiary/aromatic N) is 2. The van der Waals surface area contributed by atoms with Crippen LogP contribution in [0.2, 0.25) is 0 Å². The van der Waals surface area contributed by atoms with Gasteiger partial charge < -0.3 is 4.74 Å². The molecule has 1 aromatic carbocycles. The molecule has 0 amide bonds. The van der Waals surface area contributed by atoms with E-state index in [1.807, 2.05) is 0 Å². The first-order valence-corrected chi connectivity index (χ1v) is 16.3. The van der Waals surface area contributed by atoms with Gasteiger partial charge in [0.15, 0.2) is 0 Å². The van der Waals surface area contributed by atoms with Gasteiger partial charge in [-0.2, -0.15) is 0 Å². The summed E-state index contributed by atoms with van der Waals surface area (Å²) >= 11 is 0. The Kier molecular flexibility index (Phi) is 15.5. The van der Waals surface area contributed by atoms with Crippen molar-refractivity contribution in [3.8, 4) is 5.75 Å². The second kappa shape index (κ2) is 19.2. The van der Waals surface area contributed by atoms with Gasteiger partial charge in [0.1, 0.15) is 11.6 Å². The number of hydrogen-bond donors (Lipinski definition) is 0. The minimum atomic E-state index is 0.518. The lowest BCUT2D eigenvalue weighted by molar-refractivity contribution is 0.198. The van der Waals surface area contributed by atoms with Gasteiger partial charge in [0.05, 0.1) is 6.61 Å². The Balaban J connectivity index is 1.26. The Bertz CT molecular complexity index is 824. The van der Waals surface area contributed by atoms with Crippen molar-refractivity contribution in [1.29, 1.82) is 0 Å². The molecule has 212 valence electrons. The molecule has 3 heteroatoms. The second-order valence-electron chi connectivity index (χ2n) is 11.9. The van der Waals surface area contributed by atoms with E-state index in [-0.39, 0.29) is 0 Å². The van der Waals surface area contributed by atoms with Crippen LogP contribution in [0, 0.1) is 5.92 Å². The molecule has 3 nitrogen and oxygen atoms in total. The molecule has 1 saturated carbocycles. The van der Waals surface area contributed by atoms with Gasteiger partial charge in [0.25, 0.3) is 0 Å². The molecule has 0 aliphatic heterocycles. The van der Waals surface area contributed by atoms with Crippen molar-refractivity contribution in [3.05, 3.63) is 53.6 Å². The number of aromatic nitrogens is 2. The van der Waals surface area contributed by atoms with Crippen LogP contribution >= 0.6 is 0 Å². The van der Waals surface area contributed by atoms with Crippen LogP contribution in [-0.4, -0.2) is 16.6 Å². The first-order chi connectivity index (χ1) is 18.8. The van der Waals surface area contributed by atoms with Gasteiger partial charge in [-0.25, -0.2) is 9.97 Å². The smallest absolute Gasteiger partial charge is 0.131 e. The summed E-state index contributed by atoms with van der Waals surface area (Å²) in [6.45, 7) is 5.40. The first kappa shape index (κ1) is 30.6. The lowest BCUT2D eigenvalue weighted by Gasteiger charge is -2.27. The quantitative estimate of drug-likeness (QED) is 0.163. The van der Waals surface area contributed by atoms with Crippen molar-refractivity contribution in [1.82, 2.24) is 9.97 Å². The fourth-order valence-electron chi connectivity index (χ4n) is 5.83. The van der Waals surface area contributed by atoms with E-state index in [1.54, 1.807) is 0 Å². The van der Waals surface area contributed by atoms with Crippen LogP contribution in [0.15, 0.2) is 36.7 Å². The molecule has 2 aromatic rings. The number of aryl methyl sites for hydroxylation is 2. The Morgan fingerprint density at radius 3 is 1.66 bits per heavy atom. The van der Waals surface area contributed by atoms with Crippen LogP contribution in [-0.2, 0) is 12.8 Å². The summed E-state index contributed by atoms with van der Waals surface area (Å²) in [6.07, 6.45) is 30.4. The van der Waals surface area contributed by atoms with Crippen LogP contribution in [0.3, 0.4) is 0 Å². The first-order valence-electron chi connectivity index (χ1n) is 16.3. The standard InChI is InChI=1S/C35H56N2O/c1-3-5-7-9-11-13-15-17-30-21-25-34(26-22-30)38-29-31-19-23-33(24-20-31)35-36-27-32(28-37-35)18-16-14-12-10-8-6-4-2/h21-22,25-28,31,33H,3-20,23-24,29H2,1-2H3. The third kappa shape index (κ3) is 12.3. The molecule has 0 spiro atoms. The molecule has 3 rings (SSSR count). The predicted octanol–water partition coefficient (Wildman–Crippen LogP) is 10.4. The maximum atomic E-state index is 6.18. The molecule has 1 heterocycles. The zero-order valence-electron chi connectivity index (χ0n) is 24.8. The minimum absolute atomic E-state index is 0.518. The highest BCUT2D eigenvalue weighted by atomic mass is 16.5. The molecular weight excluding hydrogens is 464 g/mol. The summed E-state index contributed by atoms with van der Waals surface area (Å²) in [5, 5.41) is 0.